The number of hydrogen-bond acceptors (Lipinski definition) is 3. The van der Waals surface area contributed by atoms with E-state index in [0.717, 1.165) is 6.42 Å². The first-order valence-electron chi connectivity index (χ1n) is 5.93. The third kappa shape index (κ3) is 4.23. The van der Waals surface area contributed by atoms with E-state index in [1.165, 1.54) is 19.2 Å². The topological polar surface area (TPSA) is 44.5 Å². The molecule has 102 valence electrons. The van der Waals surface area contributed by atoms with Crippen LogP contribution in [0.15, 0.2) is 12.1 Å². The number of benzene rings is 1. The molecular weight excluding hydrogens is 240 g/mol. The lowest BCUT2D eigenvalue weighted by atomic mass is 10.0. The lowest BCUT2D eigenvalue weighted by Gasteiger charge is -2.12. The highest BCUT2D eigenvalue weighted by Gasteiger charge is 2.13. The molecule has 5 heteroatoms. The predicted molar refractivity (Wildman–Crippen MR) is 65.7 cm³/mol. The highest BCUT2D eigenvalue weighted by Crippen LogP contribution is 2.24. The largest absolute Gasteiger partial charge is 0.485 e. The van der Waals surface area contributed by atoms with Crippen LogP contribution in [-0.4, -0.2) is 26.4 Å². The smallest absolute Gasteiger partial charge is 0.190 e. The zero-order valence-electron chi connectivity index (χ0n) is 10.7. The van der Waals surface area contributed by atoms with Crippen LogP contribution in [0.1, 0.15) is 18.9 Å². The second-order valence-corrected chi connectivity index (χ2v) is 4.10. The standard InChI is InChI=1S/C13H19F2NO2/c1-3-10(16)6-9-7-11(14)13(12(15)8-9)18-5-4-17-2/h7-8,10H,3-6,16H2,1-2H3. The molecule has 0 saturated heterocycles. The predicted octanol–water partition coefficient (Wildman–Crippen LogP) is 2.27. The molecular formula is C13H19F2NO2. The van der Waals surface area contributed by atoms with Crippen LogP contribution in [0, 0.1) is 11.6 Å². The van der Waals surface area contributed by atoms with Crippen LogP contribution in [0.4, 0.5) is 8.78 Å². The number of ether oxygens (including phenoxy) is 2. The maximum atomic E-state index is 13.6. The maximum Gasteiger partial charge on any atom is 0.190 e. The second kappa shape index (κ2) is 7.28. The van der Waals surface area contributed by atoms with Gasteiger partial charge >= 0.3 is 0 Å². The SMILES string of the molecule is CCC(N)Cc1cc(F)c(OCCOC)c(F)c1. The fourth-order valence-corrected chi connectivity index (χ4v) is 1.54. The average molecular weight is 259 g/mol. The van der Waals surface area contributed by atoms with Gasteiger partial charge in [0, 0.05) is 13.2 Å². The number of halogens is 2. The minimum Gasteiger partial charge on any atom is -0.485 e. The molecule has 0 spiro atoms. The third-order valence-electron chi connectivity index (χ3n) is 2.61. The van der Waals surface area contributed by atoms with Crippen molar-refractivity contribution < 1.29 is 18.3 Å². The lowest BCUT2D eigenvalue weighted by molar-refractivity contribution is 0.141. The normalized spacial score (nSPS) is 12.5. The molecule has 18 heavy (non-hydrogen) atoms. The van der Waals surface area contributed by atoms with E-state index in [4.69, 9.17) is 15.2 Å². The van der Waals surface area contributed by atoms with E-state index in [0.29, 0.717) is 12.0 Å². The highest BCUT2D eigenvalue weighted by atomic mass is 19.1. The molecule has 0 amide bonds. The quantitative estimate of drug-likeness (QED) is 0.764. The summed E-state index contributed by atoms with van der Waals surface area (Å²) in [5.41, 5.74) is 6.29. The Morgan fingerprint density at radius 3 is 2.33 bits per heavy atom. The molecule has 2 N–H and O–H groups in total. The number of hydrogen-bond donors (Lipinski definition) is 1. The van der Waals surface area contributed by atoms with E-state index in [2.05, 4.69) is 0 Å². The van der Waals surface area contributed by atoms with Crippen molar-refractivity contribution in [3.05, 3.63) is 29.3 Å². The Balaban J connectivity index is 2.77. The molecule has 0 aliphatic rings. The van der Waals surface area contributed by atoms with E-state index < -0.39 is 11.6 Å². The zero-order chi connectivity index (χ0) is 13.5. The van der Waals surface area contributed by atoms with Crippen molar-refractivity contribution in [1.82, 2.24) is 0 Å². The van der Waals surface area contributed by atoms with Crippen molar-refractivity contribution in [3.8, 4) is 5.75 Å². The van der Waals surface area contributed by atoms with Crippen molar-refractivity contribution in [2.24, 2.45) is 5.73 Å². The molecule has 0 fully saturated rings. The lowest BCUT2D eigenvalue weighted by Crippen LogP contribution is -2.21. The summed E-state index contributed by atoms with van der Waals surface area (Å²) in [5.74, 6) is -1.77. The van der Waals surface area contributed by atoms with Gasteiger partial charge in [0.2, 0.25) is 0 Å². The first-order chi connectivity index (χ1) is 8.58. The molecule has 1 aromatic carbocycles. The zero-order valence-corrected chi connectivity index (χ0v) is 10.7. The van der Waals surface area contributed by atoms with E-state index >= 15 is 0 Å². The first kappa shape index (κ1) is 14.9. The summed E-state index contributed by atoms with van der Waals surface area (Å²) in [4.78, 5) is 0. The van der Waals surface area contributed by atoms with Crippen LogP contribution in [0.25, 0.3) is 0 Å². The fourth-order valence-electron chi connectivity index (χ4n) is 1.54. The molecule has 0 bridgehead atoms. The van der Waals surface area contributed by atoms with Crippen LogP contribution in [0.5, 0.6) is 5.75 Å². The minimum absolute atomic E-state index is 0.0935. The molecule has 0 aromatic heterocycles. The van der Waals surface area contributed by atoms with Crippen LogP contribution in [0.3, 0.4) is 0 Å². The minimum atomic E-state index is -0.704. The maximum absolute atomic E-state index is 13.6. The molecule has 1 unspecified atom stereocenters. The van der Waals surface area contributed by atoms with Gasteiger partial charge in [0.05, 0.1) is 6.61 Å². The Labute approximate surface area is 106 Å². The summed E-state index contributed by atoms with van der Waals surface area (Å²) in [6.07, 6.45) is 1.21. The molecule has 3 nitrogen and oxygen atoms in total. The third-order valence-corrected chi connectivity index (χ3v) is 2.61. The summed E-state index contributed by atoms with van der Waals surface area (Å²) in [6, 6.07) is 2.44. The van der Waals surface area contributed by atoms with Gasteiger partial charge in [-0.3, -0.25) is 0 Å². The summed E-state index contributed by atoms with van der Waals surface area (Å²) >= 11 is 0. The molecule has 1 aromatic rings. The molecule has 0 radical (unpaired) electrons. The fraction of sp³-hybridized carbons (Fsp3) is 0.538. The molecule has 0 heterocycles. The molecule has 0 saturated carbocycles. The van der Waals surface area contributed by atoms with Crippen LogP contribution in [0.2, 0.25) is 0 Å². The molecule has 0 aliphatic heterocycles. The number of rotatable bonds is 7. The Kier molecular flexibility index (Phi) is 6.01. The van der Waals surface area contributed by atoms with E-state index in [-0.39, 0.29) is 25.0 Å². The van der Waals surface area contributed by atoms with Gasteiger partial charge in [-0.05, 0) is 30.5 Å². The van der Waals surface area contributed by atoms with E-state index in [9.17, 15) is 8.78 Å². The molecule has 1 rings (SSSR count). The van der Waals surface area contributed by atoms with Gasteiger partial charge in [-0.2, -0.15) is 0 Å². The van der Waals surface area contributed by atoms with Crippen molar-refractivity contribution in [1.29, 1.82) is 0 Å². The summed E-state index contributed by atoms with van der Waals surface area (Å²) in [7, 11) is 1.49. The summed E-state index contributed by atoms with van der Waals surface area (Å²) in [5, 5.41) is 0. The van der Waals surface area contributed by atoms with Gasteiger partial charge < -0.3 is 15.2 Å². The number of nitrogens with two attached hydrogens (primary N) is 1. The van der Waals surface area contributed by atoms with Gasteiger partial charge in [0.1, 0.15) is 6.61 Å². The highest BCUT2D eigenvalue weighted by molar-refractivity contribution is 5.31. The van der Waals surface area contributed by atoms with Crippen molar-refractivity contribution in [3.63, 3.8) is 0 Å². The van der Waals surface area contributed by atoms with E-state index in [1.807, 2.05) is 6.92 Å². The van der Waals surface area contributed by atoms with Gasteiger partial charge in [-0.1, -0.05) is 6.92 Å². The summed E-state index contributed by atoms with van der Waals surface area (Å²) in [6.45, 7) is 2.32. The Morgan fingerprint density at radius 1 is 1.22 bits per heavy atom. The Morgan fingerprint density at radius 2 is 1.83 bits per heavy atom. The van der Waals surface area contributed by atoms with Gasteiger partial charge in [0.15, 0.2) is 17.4 Å². The number of methoxy groups -OCH3 is 1. The van der Waals surface area contributed by atoms with Crippen molar-refractivity contribution in [2.75, 3.05) is 20.3 Å². The van der Waals surface area contributed by atoms with Crippen LogP contribution in [-0.2, 0) is 11.2 Å². The van der Waals surface area contributed by atoms with Crippen LogP contribution >= 0.6 is 0 Å². The average Bonchev–Trinajstić information content (AvgIpc) is 2.32. The molecule has 0 aliphatic carbocycles. The van der Waals surface area contributed by atoms with Gasteiger partial charge in [0.25, 0.3) is 0 Å². The Bertz CT molecular complexity index is 362. The monoisotopic (exact) mass is 259 g/mol. The summed E-state index contributed by atoms with van der Waals surface area (Å²) < 4.78 is 37.0. The first-order valence-corrected chi connectivity index (χ1v) is 5.93. The van der Waals surface area contributed by atoms with Crippen LogP contribution < -0.4 is 10.5 Å². The Hall–Kier alpha value is -1.20. The van der Waals surface area contributed by atoms with E-state index in [1.54, 1.807) is 0 Å². The second-order valence-electron chi connectivity index (χ2n) is 4.10. The van der Waals surface area contributed by atoms with Crippen molar-refractivity contribution in [2.45, 2.75) is 25.8 Å². The van der Waals surface area contributed by atoms with Gasteiger partial charge in [-0.15, -0.1) is 0 Å². The molecule has 1 atom stereocenters. The van der Waals surface area contributed by atoms with Gasteiger partial charge in [-0.25, -0.2) is 8.78 Å². The van der Waals surface area contributed by atoms with Crippen molar-refractivity contribution >= 4 is 0 Å².